The highest BCUT2D eigenvalue weighted by Gasteiger charge is 2.27. The Morgan fingerprint density at radius 1 is 0.838 bits per heavy atom. The monoisotopic (exact) mass is 505 g/mol. The zero-order valence-corrected chi connectivity index (χ0v) is 21.0. The number of ether oxygens (including phenoxy) is 4. The Kier molecular flexibility index (Phi) is 6.62. The van der Waals surface area contributed by atoms with Gasteiger partial charge in [0.05, 0.1) is 34.1 Å². The number of piperazine rings is 1. The van der Waals surface area contributed by atoms with Crippen molar-refractivity contribution in [2.24, 2.45) is 0 Å². The number of rotatable bonds is 7. The summed E-state index contributed by atoms with van der Waals surface area (Å²) in [5, 5.41) is 8.67. The Hall–Kier alpha value is -4.61. The van der Waals surface area contributed by atoms with Crippen LogP contribution in [0.4, 0.5) is 5.82 Å². The van der Waals surface area contributed by atoms with Crippen LogP contribution in [0.15, 0.2) is 42.7 Å². The van der Waals surface area contributed by atoms with Gasteiger partial charge in [-0.05, 0) is 36.4 Å². The van der Waals surface area contributed by atoms with Crippen molar-refractivity contribution >= 4 is 22.9 Å². The van der Waals surface area contributed by atoms with Crippen LogP contribution in [0.3, 0.4) is 0 Å². The Morgan fingerprint density at radius 2 is 1.51 bits per heavy atom. The topological polar surface area (TPSA) is 117 Å². The average molecular weight is 506 g/mol. The molecular formula is C25H27N7O5. The number of aromatic nitrogens is 5. The lowest BCUT2D eigenvalue weighted by Gasteiger charge is -2.35. The molecule has 2 aromatic carbocycles. The Bertz CT molecular complexity index is 1390. The maximum atomic E-state index is 13.3. The molecule has 0 aliphatic carbocycles. The third-order valence-corrected chi connectivity index (χ3v) is 6.31. The normalized spacial score (nSPS) is 13.5. The van der Waals surface area contributed by atoms with Crippen molar-refractivity contribution in [1.29, 1.82) is 0 Å². The van der Waals surface area contributed by atoms with Crippen molar-refractivity contribution in [3.63, 3.8) is 0 Å². The summed E-state index contributed by atoms with van der Waals surface area (Å²) in [6.45, 7) is 2.18. The van der Waals surface area contributed by atoms with E-state index < -0.39 is 0 Å². The molecule has 0 saturated carbocycles. The lowest BCUT2D eigenvalue weighted by Crippen LogP contribution is -2.49. The fraction of sp³-hybridized carbons (Fsp3) is 0.320. The number of fused-ring (bicyclic) bond motifs is 1. The number of anilines is 1. The van der Waals surface area contributed by atoms with Crippen LogP contribution >= 0.6 is 0 Å². The van der Waals surface area contributed by atoms with Gasteiger partial charge in [-0.25, -0.2) is 9.97 Å². The van der Waals surface area contributed by atoms with E-state index in [9.17, 15) is 4.79 Å². The van der Waals surface area contributed by atoms with Gasteiger partial charge in [0.25, 0.3) is 5.91 Å². The van der Waals surface area contributed by atoms with Crippen molar-refractivity contribution in [2.75, 3.05) is 59.5 Å². The van der Waals surface area contributed by atoms with Gasteiger partial charge in [0, 0.05) is 31.7 Å². The van der Waals surface area contributed by atoms with Crippen LogP contribution in [0, 0.1) is 0 Å². The summed E-state index contributed by atoms with van der Waals surface area (Å²) in [4.78, 5) is 26.1. The van der Waals surface area contributed by atoms with Crippen LogP contribution in [-0.4, -0.2) is 90.4 Å². The van der Waals surface area contributed by atoms with E-state index in [1.807, 2.05) is 24.3 Å². The molecule has 12 nitrogen and oxygen atoms in total. The molecule has 1 aliphatic heterocycles. The number of benzene rings is 2. The third-order valence-electron chi connectivity index (χ3n) is 6.31. The maximum absolute atomic E-state index is 13.3. The molecule has 192 valence electrons. The quantitative estimate of drug-likeness (QED) is 0.370. The van der Waals surface area contributed by atoms with Gasteiger partial charge in [0.2, 0.25) is 5.75 Å². The molecule has 4 aromatic rings. The van der Waals surface area contributed by atoms with Crippen molar-refractivity contribution in [1.82, 2.24) is 29.9 Å². The van der Waals surface area contributed by atoms with E-state index in [-0.39, 0.29) is 5.91 Å². The van der Waals surface area contributed by atoms with Crippen LogP contribution in [0.25, 0.3) is 16.9 Å². The van der Waals surface area contributed by atoms with E-state index >= 15 is 0 Å². The second-order valence-corrected chi connectivity index (χ2v) is 8.26. The van der Waals surface area contributed by atoms with Gasteiger partial charge in [0.15, 0.2) is 28.5 Å². The highest BCUT2D eigenvalue weighted by Crippen LogP contribution is 2.38. The Balaban J connectivity index is 1.34. The molecule has 1 fully saturated rings. The smallest absolute Gasteiger partial charge is 0.254 e. The molecule has 2 aromatic heterocycles. The Morgan fingerprint density at radius 3 is 2.11 bits per heavy atom. The molecule has 1 aliphatic rings. The zero-order valence-electron chi connectivity index (χ0n) is 21.0. The number of methoxy groups -OCH3 is 4. The first-order chi connectivity index (χ1) is 18.1. The van der Waals surface area contributed by atoms with Crippen LogP contribution in [0.2, 0.25) is 0 Å². The molecule has 0 atom stereocenters. The van der Waals surface area contributed by atoms with Gasteiger partial charge in [-0.2, -0.15) is 4.68 Å². The van der Waals surface area contributed by atoms with E-state index in [1.165, 1.54) is 27.7 Å². The lowest BCUT2D eigenvalue weighted by atomic mass is 10.1. The predicted octanol–water partition coefficient (Wildman–Crippen LogP) is 2.21. The summed E-state index contributed by atoms with van der Waals surface area (Å²) < 4.78 is 23.1. The van der Waals surface area contributed by atoms with Crippen LogP contribution in [0.5, 0.6) is 23.0 Å². The number of amides is 1. The van der Waals surface area contributed by atoms with Crippen LogP contribution in [-0.2, 0) is 0 Å². The van der Waals surface area contributed by atoms with Gasteiger partial charge in [0.1, 0.15) is 12.1 Å². The summed E-state index contributed by atoms with van der Waals surface area (Å²) in [5.41, 5.74) is 2.48. The van der Waals surface area contributed by atoms with Crippen molar-refractivity contribution < 1.29 is 23.7 Å². The standard InChI is InChI=1S/C25H27N7O5/c1-34-18-7-5-17(6-8-18)32-24-21(28-29-32)23(26-15-27-24)30-9-11-31(12-10-30)25(33)16-13-19(35-2)22(37-4)20(14-16)36-3/h5-8,13-15H,9-12H2,1-4H3. The maximum Gasteiger partial charge on any atom is 0.254 e. The molecule has 0 radical (unpaired) electrons. The molecule has 12 heteroatoms. The van der Waals surface area contributed by atoms with Gasteiger partial charge < -0.3 is 28.7 Å². The summed E-state index contributed by atoms with van der Waals surface area (Å²) in [6.07, 6.45) is 1.51. The minimum atomic E-state index is -0.114. The molecule has 1 amide bonds. The number of carbonyl (C=O) groups excluding carboxylic acids is 1. The molecule has 0 bridgehead atoms. The number of hydrogen-bond acceptors (Lipinski definition) is 10. The highest BCUT2D eigenvalue weighted by molar-refractivity contribution is 5.96. The SMILES string of the molecule is COc1ccc(-n2nnc3c(N4CCN(C(=O)c5cc(OC)c(OC)c(OC)c5)CC4)ncnc32)cc1. The van der Waals surface area contributed by atoms with Crippen LogP contribution in [0.1, 0.15) is 10.4 Å². The minimum absolute atomic E-state index is 0.114. The lowest BCUT2D eigenvalue weighted by molar-refractivity contribution is 0.0745. The van der Waals surface area contributed by atoms with E-state index in [0.717, 1.165) is 11.4 Å². The second-order valence-electron chi connectivity index (χ2n) is 8.26. The highest BCUT2D eigenvalue weighted by atomic mass is 16.5. The zero-order chi connectivity index (χ0) is 25.9. The molecule has 0 spiro atoms. The average Bonchev–Trinajstić information content (AvgIpc) is 3.40. The fourth-order valence-electron chi connectivity index (χ4n) is 4.37. The number of hydrogen-bond donors (Lipinski definition) is 0. The van der Waals surface area contributed by atoms with Gasteiger partial charge in [-0.1, -0.05) is 5.21 Å². The third kappa shape index (κ3) is 4.41. The molecular weight excluding hydrogens is 478 g/mol. The van der Waals surface area contributed by atoms with Crippen molar-refractivity contribution in [2.45, 2.75) is 0 Å². The summed E-state index contributed by atoms with van der Waals surface area (Å²) in [7, 11) is 6.20. The van der Waals surface area contributed by atoms with Gasteiger partial charge in [-0.15, -0.1) is 5.10 Å². The van der Waals surface area contributed by atoms with Gasteiger partial charge >= 0.3 is 0 Å². The summed E-state index contributed by atoms with van der Waals surface area (Å²) in [5.74, 6) is 2.64. The van der Waals surface area contributed by atoms with E-state index in [1.54, 1.807) is 28.8 Å². The predicted molar refractivity (Wildman–Crippen MR) is 135 cm³/mol. The largest absolute Gasteiger partial charge is 0.497 e. The van der Waals surface area contributed by atoms with E-state index in [2.05, 4.69) is 25.2 Å². The van der Waals surface area contributed by atoms with E-state index in [4.69, 9.17) is 18.9 Å². The minimum Gasteiger partial charge on any atom is -0.497 e. The first kappa shape index (κ1) is 24.1. The first-order valence-electron chi connectivity index (χ1n) is 11.6. The molecule has 5 rings (SSSR count). The molecule has 0 N–H and O–H groups in total. The molecule has 1 saturated heterocycles. The Labute approximate surface area is 213 Å². The molecule has 37 heavy (non-hydrogen) atoms. The first-order valence-corrected chi connectivity index (χ1v) is 11.6. The summed E-state index contributed by atoms with van der Waals surface area (Å²) >= 11 is 0. The van der Waals surface area contributed by atoms with E-state index in [0.29, 0.717) is 66.0 Å². The molecule has 3 heterocycles. The van der Waals surface area contributed by atoms with Crippen molar-refractivity contribution in [3.05, 3.63) is 48.3 Å². The van der Waals surface area contributed by atoms with Crippen LogP contribution < -0.4 is 23.8 Å². The fourth-order valence-corrected chi connectivity index (χ4v) is 4.37. The van der Waals surface area contributed by atoms with Gasteiger partial charge in [-0.3, -0.25) is 4.79 Å². The second kappa shape index (κ2) is 10.2. The number of nitrogens with zero attached hydrogens (tertiary/aromatic N) is 7. The summed E-state index contributed by atoms with van der Waals surface area (Å²) in [6, 6.07) is 10.8. The van der Waals surface area contributed by atoms with Crippen molar-refractivity contribution in [3.8, 4) is 28.7 Å². The number of carbonyl (C=O) groups is 1. The molecule has 0 unspecified atom stereocenters.